The van der Waals surface area contributed by atoms with E-state index in [2.05, 4.69) is 5.32 Å². The minimum absolute atomic E-state index is 0.0693. The summed E-state index contributed by atoms with van der Waals surface area (Å²) in [5.41, 5.74) is 2.79. The Labute approximate surface area is 147 Å². The Morgan fingerprint density at radius 1 is 1.12 bits per heavy atom. The van der Waals surface area contributed by atoms with E-state index in [1.165, 1.54) is 0 Å². The van der Waals surface area contributed by atoms with Gasteiger partial charge in [0.25, 0.3) is 0 Å². The molecule has 1 amide bonds. The van der Waals surface area contributed by atoms with Gasteiger partial charge in [0.05, 0.1) is 12.6 Å². The summed E-state index contributed by atoms with van der Waals surface area (Å²) < 4.78 is 4.90. The first-order valence-electron chi connectivity index (χ1n) is 8.52. The van der Waals surface area contributed by atoms with Crippen LogP contribution in [-0.2, 0) is 14.3 Å². The van der Waals surface area contributed by atoms with Gasteiger partial charge in [0.15, 0.2) is 0 Å². The lowest BCUT2D eigenvalue weighted by atomic mass is 9.91. The second-order valence-electron chi connectivity index (χ2n) is 6.10. The Morgan fingerprint density at radius 3 is 2.52 bits per heavy atom. The molecule has 0 spiro atoms. The number of nitrogens with zero attached hydrogens (tertiary/aromatic N) is 1. The highest BCUT2D eigenvalue weighted by Crippen LogP contribution is 2.38. The van der Waals surface area contributed by atoms with Crippen LogP contribution in [0.25, 0.3) is 0 Å². The first kappa shape index (κ1) is 17.0. The van der Waals surface area contributed by atoms with Gasteiger partial charge in [-0.15, -0.1) is 0 Å². The van der Waals surface area contributed by atoms with E-state index >= 15 is 0 Å². The molecule has 0 fully saturated rings. The molecule has 3 rings (SSSR count). The average Bonchev–Trinajstić information content (AvgIpc) is 2.62. The number of benzene rings is 2. The van der Waals surface area contributed by atoms with Crippen molar-refractivity contribution in [2.45, 2.75) is 32.4 Å². The summed E-state index contributed by atoms with van der Waals surface area (Å²) in [5.74, 6) is -1.42. The molecule has 2 atom stereocenters. The number of amides is 1. The van der Waals surface area contributed by atoms with Crippen LogP contribution in [0.2, 0.25) is 0 Å². The smallest absolute Gasteiger partial charge is 0.397 e. The van der Waals surface area contributed by atoms with Gasteiger partial charge < -0.3 is 10.1 Å². The van der Waals surface area contributed by atoms with Gasteiger partial charge in [0.1, 0.15) is 0 Å². The number of fused-ring (bicyclic) bond motifs is 1. The third-order valence-electron chi connectivity index (χ3n) is 4.37. The van der Waals surface area contributed by atoms with Crippen molar-refractivity contribution in [1.29, 1.82) is 0 Å². The predicted octanol–water partition coefficient (Wildman–Crippen LogP) is 3.53. The summed E-state index contributed by atoms with van der Waals surface area (Å²) in [5, 5.41) is 3.53. The number of carbonyl (C=O) groups excluding carboxylic acids is 2. The number of ether oxygens (including phenoxy) is 1. The van der Waals surface area contributed by atoms with Crippen LogP contribution < -0.4 is 10.2 Å². The highest BCUT2D eigenvalue weighted by molar-refractivity contribution is 6.38. The number of carbonyl (C=O) groups is 2. The van der Waals surface area contributed by atoms with Gasteiger partial charge in [-0.05, 0) is 44.0 Å². The Kier molecular flexibility index (Phi) is 5.03. The molecule has 0 saturated carbocycles. The van der Waals surface area contributed by atoms with E-state index in [0.717, 1.165) is 16.9 Å². The molecule has 0 unspecified atom stereocenters. The van der Waals surface area contributed by atoms with Crippen molar-refractivity contribution in [1.82, 2.24) is 0 Å². The fraction of sp³-hybridized carbons (Fsp3) is 0.300. The number of anilines is 2. The maximum atomic E-state index is 12.6. The molecule has 0 saturated heterocycles. The number of para-hydroxylation sites is 2. The highest BCUT2D eigenvalue weighted by atomic mass is 16.5. The predicted molar refractivity (Wildman–Crippen MR) is 97.4 cm³/mol. The van der Waals surface area contributed by atoms with Crippen molar-refractivity contribution in [3.05, 3.63) is 60.2 Å². The lowest BCUT2D eigenvalue weighted by molar-refractivity contribution is -0.153. The zero-order valence-corrected chi connectivity index (χ0v) is 14.4. The molecule has 1 aliphatic rings. The van der Waals surface area contributed by atoms with Gasteiger partial charge in [0.2, 0.25) is 0 Å². The standard InChI is InChI=1S/C20H22N2O3/c1-3-25-20(24)19(23)22-14(2)13-17(16-11-7-8-12-18(16)22)21-15-9-5-4-6-10-15/h4-12,14,17,21H,3,13H2,1-2H3/t14-,17+/m0/s1. The molecule has 5 heteroatoms. The molecule has 0 bridgehead atoms. The van der Waals surface area contributed by atoms with Crippen LogP contribution in [0.5, 0.6) is 0 Å². The van der Waals surface area contributed by atoms with E-state index in [-0.39, 0.29) is 18.7 Å². The van der Waals surface area contributed by atoms with E-state index in [1.807, 2.05) is 61.5 Å². The third-order valence-corrected chi connectivity index (χ3v) is 4.37. The molecule has 1 aliphatic heterocycles. The van der Waals surface area contributed by atoms with Crippen LogP contribution in [0.4, 0.5) is 11.4 Å². The second kappa shape index (κ2) is 7.38. The molecule has 0 radical (unpaired) electrons. The van der Waals surface area contributed by atoms with Gasteiger partial charge in [-0.2, -0.15) is 0 Å². The first-order chi connectivity index (χ1) is 12.1. The van der Waals surface area contributed by atoms with E-state index in [9.17, 15) is 9.59 Å². The highest BCUT2D eigenvalue weighted by Gasteiger charge is 2.36. The van der Waals surface area contributed by atoms with Gasteiger partial charge in [-0.3, -0.25) is 9.69 Å². The molecule has 25 heavy (non-hydrogen) atoms. The number of nitrogens with one attached hydrogen (secondary N) is 1. The summed E-state index contributed by atoms with van der Waals surface area (Å²) in [7, 11) is 0. The van der Waals surface area contributed by atoms with Crippen molar-refractivity contribution in [3.63, 3.8) is 0 Å². The van der Waals surface area contributed by atoms with E-state index in [4.69, 9.17) is 4.74 Å². The number of hydrogen-bond donors (Lipinski definition) is 1. The van der Waals surface area contributed by atoms with Crippen molar-refractivity contribution in [2.75, 3.05) is 16.8 Å². The fourth-order valence-electron chi connectivity index (χ4n) is 3.29. The lowest BCUT2D eigenvalue weighted by Crippen LogP contribution is -2.47. The van der Waals surface area contributed by atoms with E-state index in [0.29, 0.717) is 6.42 Å². The Hall–Kier alpha value is -2.82. The molecule has 2 aromatic carbocycles. The number of rotatable bonds is 3. The monoisotopic (exact) mass is 338 g/mol. The van der Waals surface area contributed by atoms with Gasteiger partial charge in [-0.25, -0.2) is 4.79 Å². The van der Waals surface area contributed by atoms with Gasteiger partial charge in [-0.1, -0.05) is 36.4 Å². The molecule has 5 nitrogen and oxygen atoms in total. The van der Waals surface area contributed by atoms with Crippen LogP contribution in [0.15, 0.2) is 54.6 Å². The Bertz CT molecular complexity index is 761. The minimum atomic E-state index is -0.807. The maximum Gasteiger partial charge on any atom is 0.397 e. The van der Waals surface area contributed by atoms with Crippen molar-refractivity contribution in [3.8, 4) is 0 Å². The molecule has 0 aromatic heterocycles. The summed E-state index contributed by atoms with van der Waals surface area (Å²) in [4.78, 5) is 26.1. The fourth-order valence-corrected chi connectivity index (χ4v) is 3.29. The quantitative estimate of drug-likeness (QED) is 0.687. The van der Waals surface area contributed by atoms with Crippen LogP contribution in [0.3, 0.4) is 0 Å². The molecule has 1 N–H and O–H groups in total. The van der Waals surface area contributed by atoms with Crippen LogP contribution in [-0.4, -0.2) is 24.5 Å². The van der Waals surface area contributed by atoms with Crippen LogP contribution in [0.1, 0.15) is 31.9 Å². The molecular weight excluding hydrogens is 316 g/mol. The Balaban J connectivity index is 1.92. The van der Waals surface area contributed by atoms with Crippen molar-refractivity contribution in [2.24, 2.45) is 0 Å². The topological polar surface area (TPSA) is 58.6 Å². The second-order valence-corrected chi connectivity index (χ2v) is 6.10. The number of hydrogen-bond acceptors (Lipinski definition) is 4. The van der Waals surface area contributed by atoms with Crippen molar-refractivity contribution < 1.29 is 14.3 Å². The van der Waals surface area contributed by atoms with E-state index in [1.54, 1.807) is 11.8 Å². The number of esters is 1. The summed E-state index contributed by atoms with van der Waals surface area (Å²) in [6.45, 7) is 3.83. The molecule has 2 aromatic rings. The SMILES string of the molecule is CCOC(=O)C(=O)N1c2ccccc2[C@H](Nc2ccccc2)C[C@@H]1C. The summed E-state index contributed by atoms with van der Waals surface area (Å²) in [6.07, 6.45) is 0.705. The van der Waals surface area contributed by atoms with Gasteiger partial charge >= 0.3 is 11.9 Å². The normalized spacial score (nSPS) is 19.0. The largest absolute Gasteiger partial charge is 0.459 e. The van der Waals surface area contributed by atoms with Crippen LogP contribution in [0, 0.1) is 0 Å². The third kappa shape index (κ3) is 3.50. The Morgan fingerprint density at radius 2 is 1.80 bits per heavy atom. The zero-order chi connectivity index (χ0) is 17.8. The average molecular weight is 338 g/mol. The maximum absolute atomic E-state index is 12.6. The molecular formula is C20H22N2O3. The van der Waals surface area contributed by atoms with Gasteiger partial charge in [0, 0.05) is 17.4 Å². The molecule has 1 heterocycles. The summed E-state index contributed by atoms with van der Waals surface area (Å²) >= 11 is 0. The first-order valence-corrected chi connectivity index (χ1v) is 8.52. The van der Waals surface area contributed by atoms with E-state index < -0.39 is 11.9 Å². The molecule has 0 aliphatic carbocycles. The van der Waals surface area contributed by atoms with Crippen molar-refractivity contribution >= 4 is 23.3 Å². The van der Waals surface area contributed by atoms with Crippen LogP contribution >= 0.6 is 0 Å². The zero-order valence-electron chi connectivity index (χ0n) is 14.4. The minimum Gasteiger partial charge on any atom is -0.459 e. The molecule has 130 valence electrons. The lowest BCUT2D eigenvalue weighted by Gasteiger charge is -2.39. The summed E-state index contributed by atoms with van der Waals surface area (Å²) in [6, 6.07) is 17.6.